The average Bonchev–Trinajstić information content (AvgIpc) is 2.70. The first-order valence-electron chi connectivity index (χ1n) is 6.50. The molecule has 1 N–H and O–H groups in total. The quantitative estimate of drug-likeness (QED) is 0.878. The third kappa shape index (κ3) is 2.83. The molecule has 0 atom stereocenters. The van der Waals surface area contributed by atoms with Gasteiger partial charge in [0.25, 0.3) is 5.56 Å². The molecule has 6 nitrogen and oxygen atoms in total. The van der Waals surface area contributed by atoms with Crippen molar-refractivity contribution in [2.24, 2.45) is 0 Å². The van der Waals surface area contributed by atoms with Gasteiger partial charge in [0.2, 0.25) is 0 Å². The molecule has 0 spiro atoms. The van der Waals surface area contributed by atoms with Crippen LogP contribution in [0.4, 0.5) is 13.2 Å². The standard InChI is InChI=1S/C13H14F3N3O3/c1-4-22-12(21)9-7(3)18-19-10(9)17-6(2)8(11(19)20)5-13(14,15)16/h18H,4-5H2,1-3H3. The molecule has 0 aliphatic heterocycles. The van der Waals surface area contributed by atoms with E-state index in [2.05, 4.69) is 10.1 Å². The van der Waals surface area contributed by atoms with E-state index in [0.717, 1.165) is 4.52 Å². The summed E-state index contributed by atoms with van der Waals surface area (Å²) in [5.74, 6) is -0.686. The van der Waals surface area contributed by atoms with E-state index in [0.29, 0.717) is 5.69 Å². The summed E-state index contributed by atoms with van der Waals surface area (Å²) in [4.78, 5) is 28.1. The van der Waals surface area contributed by atoms with Gasteiger partial charge in [0.1, 0.15) is 5.56 Å². The van der Waals surface area contributed by atoms with Crippen molar-refractivity contribution in [2.45, 2.75) is 33.4 Å². The van der Waals surface area contributed by atoms with Crippen LogP contribution in [0.1, 0.15) is 34.2 Å². The van der Waals surface area contributed by atoms with Gasteiger partial charge < -0.3 is 4.74 Å². The summed E-state index contributed by atoms with van der Waals surface area (Å²) >= 11 is 0. The van der Waals surface area contributed by atoms with Crippen molar-refractivity contribution in [3.63, 3.8) is 0 Å². The summed E-state index contributed by atoms with van der Waals surface area (Å²) in [7, 11) is 0. The van der Waals surface area contributed by atoms with E-state index in [9.17, 15) is 22.8 Å². The zero-order valence-corrected chi connectivity index (χ0v) is 12.2. The number of carbonyl (C=O) groups excluding carboxylic acids is 1. The fourth-order valence-electron chi connectivity index (χ4n) is 2.18. The minimum Gasteiger partial charge on any atom is -0.462 e. The van der Waals surface area contributed by atoms with Gasteiger partial charge in [-0.05, 0) is 20.8 Å². The lowest BCUT2D eigenvalue weighted by atomic mass is 10.1. The van der Waals surface area contributed by atoms with Crippen LogP contribution in [0.25, 0.3) is 5.65 Å². The summed E-state index contributed by atoms with van der Waals surface area (Å²) < 4.78 is 43.4. The number of fused-ring (bicyclic) bond motifs is 1. The van der Waals surface area contributed by atoms with E-state index < -0.39 is 29.7 Å². The molecule has 0 radical (unpaired) electrons. The second-order valence-corrected chi connectivity index (χ2v) is 4.76. The topological polar surface area (TPSA) is 76.5 Å². The van der Waals surface area contributed by atoms with Gasteiger partial charge in [0.05, 0.1) is 13.0 Å². The molecule has 0 aromatic carbocycles. The number of hydrogen-bond donors (Lipinski definition) is 1. The van der Waals surface area contributed by atoms with Crippen LogP contribution in [0.2, 0.25) is 0 Å². The molecule has 0 saturated carbocycles. The zero-order chi connectivity index (χ0) is 16.7. The minimum atomic E-state index is -4.52. The van der Waals surface area contributed by atoms with Gasteiger partial charge in [-0.25, -0.2) is 14.3 Å². The number of halogens is 3. The largest absolute Gasteiger partial charge is 0.462 e. The highest BCUT2D eigenvalue weighted by Gasteiger charge is 2.32. The molecule has 0 aliphatic carbocycles. The normalized spacial score (nSPS) is 11.9. The Bertz CT molecular complexity index is 790. The SMILES string of the molecule is CCOC(=O)c1c(C)[nH]n2c(=O)c(CC(F)(F)F)c(C)nc12. The van der Waals surface area contributed by atoms with Gasteiger partial charge in [-0.3, -0.25) is 9.89 Å². The number of hydrogen-bond acceptors (Lipinski definition) is 4. The number of esters is 1. The monoisotopic (exact) mass is 317 g/mol. The molecule has 22 heavy (non-hydrogen) atoms. The summed E-state index contributed by atoms with van der Waals surface area (Å²) in [6.45, 7) is 4.57. The first-order valence-corrected chi connectivity index (χ1v) is 6.50. The molecular weight excluding hydrogens is 303 g/mol. The van der Waals surface area contributed by atoms with E-state index in [1.165, 1.54) is 13.8 Å². The Morgan fingerprint density at radius 1 is 1.36 bits per heavy atom. The van der Waals surface area contributed by atoms with Crippen molar-refractivity contribution in [1.82, 2.24) is 14.6 Å². The third-order valence-electron chi connectivity index (χ3n) is 3.12. The van der Waals surface area contributed by atoms with Crippen molar-refractivity contribution in [3.8, 4) is 0 Å². The number of alkyl halides is 3. The van der Waals surface area contributed by atoms with Crippen molar-refractivity contribution in [2.75, 3.05) is 6.61 Å². The number of nitrogens with zero attached hydrogens (tertiary/aromatic N) is 2. The van der Waals surface area contributed by atoms with Crippen LogP contribution in [0.5, 0.6) is 0 Å². The van der Waals surface area contributed by atoms with Crippen LogP contribution < -0.4 is 5.56 Å². The zero-order valence-electron chi connectivity index (χ0n) is 12.2. The number of aromatic amines is 1. The molecule has 2 aromatic heterocycles. The minimum absolute atomic E-state index is 0.0376. The summed E-state index contributed by atoms with van der Waals surface area (Å²) in [6.07, 6.45) is -5.90. The number of carbonyl (C=O) groups is 1. The highest BCUT2D eigenvalue weighted by Crippen LogP contribution is 2.22. The Morgan fingerprint density at radius 2 is 2.00 bits per heavy atom. The van der Waals surface area contributed by atoms with Crippen molar-refractivity contribution < 1.29 is 22.7 Å². The van der Waals surface area contributed by atoms with Gasteiger partial charge in [-0.1, -0.05) is 0 Å². The fraction of sp³-hybridized carbons (Fsp3) is 0.462. The molecule has 0 unspecified atom stereocenters. The Kier molecular flexibility index (Phi) is 3.99. The second kappa shape index (κ2) is 5.47. The van der Waals surface area contributed by atoms with Crippen LogP contribution in [0, 0.1) is 13.8 Å². The Hall–Kier alpha value is -2.32. The van der Waals surface area contributed by atoms with Gasteiger partial charge in [0, 0.05) is 17.0 Å². The first-order chi connectivity index (χ1) is 10.2. The molecular formula is C13H14F3N3O3. The molecule has 0 aliphatic rings. The van der Waals surface area contributed by atoms with Crippen LogP contribution in [0.3, 0.4) is 0 Å². The van der Waals surface area contributed by atoms with Crippen molar-refractivity contribution in [3.05, 3.63) is 32.9 Å². The fourth-order valence-corrected chi connectivity index (χ4v) is 2.18. The lowest BCUT2D eigenvalue weighted by Crippen LogP contribution is -2.26. The molecule has 2 aromatic rings. The van der Waals surface area contributed by atoms with E-state index in [1.807, 2.05) is 0 Å². The predicted octanol–water partition coefficient (Wildman–Crippen LogP) is 1.92. The molecule has 9 heteroatoms. The smallest absolute Gasteiger partial charge is 0.393 e. The molecule has 2 heterocycles. The van der Waals surface area contributed by atoms with E-state index in [4.69, 9.17) is 4.74 Å². The van der Waals surface area contributed by atoms with Crippen molar-refractivity contribution >= 4 is 11.6 Å². The Morgan fingerprint density at radius 3 is 2.55 bits per heavy atom. The molecule has 0 bridgehead atoms. The van der Waals surface area contributed by atoms with Gasteiger partial charge in [-0.2, -0.15) is 13.2 Å². The first kappa shape index (κ1) is 16.1. The summed E-state index contributed by atoms with van der Waals surface area (Å²) in [5.41, 5.74) is -1.09. The lowest BCUT2D eigenvalue weighted by molar-refractivity contribution is -0.127. The number of aromatic nitrogens is 3. The Labute approximate surface area is 122 Å². The number of aryl methyl sites for hydroxylation is 2. The van der Waals surface area contributed by atoms with Gasteiger partial charge in [-0.15, -0.1) is 0 Å². The van der Waals surface area contributed by atoms with Crippen molar-refractivity contribution in [1.29, 1.82) is 0 Å². The van der Waals surface area contributed by atoms with E-state index in [1.54, 1.807) is 6.92 Å². The number of rotatable bonds is 3. The maximum absolute atomic E-state index is 12.6. The van der Waals surface area contributed by atoms with Crippen LogP contribution in [0.15, 0.2) is 4.79 Å². The molecule has 0 amide bonds. The summed E-state index contributed by atoms with van der Waals surface area (Å²) in [5, 5.41) is 2.56. The second-order valence-electron chi connectivity index (χ2n) is 4.76. The average molecular weight is 317 g/mol. The van der Waals surface area contributed by atoms with Crippen LogP contribution in [-0.4, -0.2) is 33.4 Å². The molecule has 0 fully saturated rings. The van der Waals surface area contributed by atoms with E-state index >= 15 is 0 Å². The highest BCUT2D eigenvalue weighted by molar-refractivity contribution is 5.97. The summed E-state index contributed by atoms with van der Waals surface area (Å²) in [6, 6.07) is 0. The maximum atomic E-state index is 12.6. The van der Waals surface area contributed by atoms with E-state index in [-0.39, 0.29) is 23.5 Å². The predicted molar refractivity (Wildman–Crippen MR) is 71.0 cm³/mol. The van der Waals surface area contributed by atoms with Gasteiger partial charge >= 0.3 is 12.1 Å². The third-order valence-corrected chi connectivity index (χ3v) is 3.12. The molecule has 120 valence electrons. The van der Waals surface area contributed by atoms with Crippen LogP contribution >= 0.6 is 0 Å². The van der Waals surface area contributed by atoms with Gasteiger partial charge in [0.15, 0.2) is 5.65 Å². The van der Waals surface area contributed by atoms with Crippen LogP contribution in [-0.2, 0) is 11.2 Å². The number of ether oxygens (including phenoxy) is 1. The Balaban J connectivity index is 2.69. The molecule has 0 saturated heterocycles. The number of H-pyrrole nitrogens is 1. The highest BCUT2D eigenvalue weighted by atomic mass is 19.4. The maximum Gasteiger partial charge on any atom is 0.393 e. The molecule has 2 rings (SSSR count). The number of nitrogens with one attached hydrogen (secondary N) is 1. The lowest BCUT2D eigenvalue weighted by Gasteiger charge is -2.08.